The van der Waals surface area contributed by atoms with E-state index >= 15 is 0 Å². The van der Waals surface area contributed by atoms with Crippen LogP contribution in [0.2, 0.25) is 0 Å². The number of benzene rings is 3. The summed E-state index contributed by atoms with van der Waals surface area (Å²) >= 11 is 4.82. The lowest BCUT2D eigenvalue weighted by Crippen LogP contribution is -2.03. The maximum Gasteiger partial charge on any atom is 0.345 e. The van der Waals surface area contributed by atoms with Crippen LogP contribution in [-0.4, -0.2) is 12.1 Å². The van der Waals surface area contributed by atoms with E-state index in [1.807, 2.05) is 66.0 Å². The Kier molecular flexibility index (Phi) is 6.33. The fourth-order valence-corrected chi connectivity index (χ4v) is 4.41. The molecule has 3 aromatic carbocycles. The molecule has 5 aromatic rings. The van der Waals surface area contributed by atoms with E-state index in [1.165, 1.54) is 11.3 Å². The molecule has 34 heavy (non-hydrogen) atoms. The number of hydrogen-bond donors (Lipinski definition) is 1. The van der Waals surface area contributed by atoms with Crippen LogP contribution >= 0.6 is 27.3 Å². The van der Waals surface area contributed by atoms with E-state index in [0.717, 1.165) is 21.1 Å². The van der Waals surface area contributed by atoms with Crippen molar-refractivity contribution in [2.24, 2.45) is 0 Å². The average Bonchev–Trinajstić information content (AvgIpc) is 3.31. The van der Waals surface area contributed by atoms with Gasteiger partial charge in [0.15, 0.2) is 5.13 Å². The summed E-state index contributed by atoms with van der Waals surface area (Å²) in [7, 11) is 1.62. The van der Waals surface area contributed by atoms with Gasteiger partial charge in [0.1, 0.15) is 23.7 Å². The topological polar surface area (TPSA) is 73.6 Å². The summed E-state index contributed by atoms with van der Waals surface area (Å²) in [5.41, 5.74) is 2.80. The molecule has 1 N–H and O–H groups in total. The van der Waals surface area contributed by atoms with Crippen LogP contribution in [0, 0.1) is 0 Å². The predicted octanol–water partition coefficient (Wildman–Crippen LogP) is 7.01. The molecule has 0 bridgehead atoms. The maximum absolute atomic E-state index is 12.7. The van der Waals surface area contributed by atoms with Crippen LogP contribution in [-0.2, 0) is 6.61 Å². The number of halogens is 1. The van der Waals surface area contributed by atoms with Gasteiger partial charge in [-0.05, 0) is 48.0 Å². The molecule has 0 aliphatic rings. The van der Waals surface area contributed by atoms with Crippen molar-refractivity contribution in [3.8, 4) is 22.8 Å². The first kappa shape index (κ1) is 22.2. The van der Waals surface area contributed by atoms with Crippen LogP contribution in [0.5, 0.6) is 11.5 Å². The number of nitrogens with one attached hydrogen (secondary N) is 1. The first-order valence-corrected chi connectivity index (χ1v) is 12.1. The third-order valence-electron chi connectivity index (χ3n) is 5.15. The number of fused-ring (bicyclic) bond motifs is 1. The minimum atomic E-state index is -0.452. The molecule has 0 fully saturated rings. The number of rotatable bonds is 7. The molecule has 0 unspecified atom stereocenters. The normalized spacial score (nSPS) is 10.9. The Bertz CT molecular complexity index is 1510. The fourth-order valence-electron chi connectivity index (χ4n) is 3.43. The van der Waals surface area contributed by atoms with Crippen molar-refractivity contribution in [3.05, 3.63) is 98.6 Å². The summed E-state index contributed by atoms with van der Waals surface area (Å²) in [6.45, 7) is 0.419. The SMILES string of the molecule is COc1ccccc1Nc1nc(-c2cc3ccc(OCc4ccc(Br)cc4)cc3oc2=O)cs1. The molecule has 2 aromatic heterocycles. The molecular formula is C26H19BrN2O4S. The van der Waals surface area contributed by atoms with Crippen LogP contribution in [0.4, 0.5) is 10.8 Å². The molecule has 170 valence electrons. The van der Waals surface area contributed by atoms with E-state index in [-0.39, 0.29) is 0 Å². The van der Waals surface area contributed by atoms with Gasteiger partial charge in [0.05, 0.1) is 24.1 Å². The summed E-state index contributed by atoms with van der Waals surface area (Å²) in [5, 5.41) is 6.50. The number of aromatic nitrogens is 1. The number of nitrogens with zero attached hydrogens (tertiary/aromatic N) is 1. The van der Waals surface area contributed by atoms with E-state index < -0.39 is 5.63 Å². The Labute approximate surface area is 207 Å². The summed E-state index contributed by atoms with van der Waals surface area (Å²) in [6.07, 6.45) is 0. The molecule has 0 aliphatic heterocycles. The van der Waals surface area contributed by atoms with Crippen LogP contribution in [0.1, 0.15) is 5.56 Å². The van der Waals surface area contributed by atoms with E-state index in [9.17, 15) is 4.79 Å². The number of para-hydroxylation sites is 2. The van der Waals surface area contributed by atoms with Gasteiger partial charge in [-0.25, -0.2) is 9.78 Å². The molecule has 0 radical (unpaired) electrons. The Balaban J connectivity index is 1.36. The number of methoxy groups -OCH3 is 1. The molecule has 0 amide bonds. The van der Waals surface area contributed by atoms with E-state index in [4.69, 9.17) is 13.9 Å². The van der Waals surface area contributed by atoms with Gasteiger partial charge in [-0.3, -0.25) is 0 Å². The lowest BCUT2D eigenvalue weighted by atomic mass is 10.1. The third-order valence-corrected chi connectivity index (χ3v) is 6.44. The second kappa shape index (κ2) is 9.70. The number of hydrogen-bond acceptors (Lipinski definition) is 7. The lowest BCUT2D eigenvalue weighted by Gasteiger charge is -2.08. The highest BCUT2D eigenvalue weighted by atomic mass is 79.9. The Morgan fingerprint density at radius 2 is 1.88 bits per heavy atom. The largest absolute Gasteiger partial charge is 0.495 e. The van der Waals surface area contributed by atoms with Gasteiger partial charge in [0, 0.05) is 21.3 Å². The Morgan fingerprint density at radius 3 is 2.71 bits per heavy atom. The molecule has 2 heterocycles. The van der Waals surface area contributed by atoms with Crippen molar-refractivity contribution >= 4 is 49.1 Å². The third kappa shape index (κ3) is 4.83. The smallest absolute Gasteiger partial charge is 0.345 e. The molecule has 0 aliphatic carbocycles. The molecule has 0 spiro atoms. The second-order valence-electron chi connectivity index (χ2n) is 7.43. The van der Waals surface area contributed by atoms with E-state index in [0.29, 0.717) is 40.1 Å². The van der Waals surface area contributed by atoms with Gasteiger partial charge in [-0.2, -0.15) is 0 Å². The zero-order chi connectivity index (χ0) is 23.5. The fraction of sp³-hybridized carbons (Fsp3) is 0.0769. The van der Waals surface area contributed by atoms with Crippen molar-refractivity contribution in [2.45, 2.75) is 6.61 Å². The zero-order valence-electron chi connectivity index (χ0n) is 18.1. The summed E-state index contributed by atoms with van der Waals surface area (Å²) in [6, 6.07) is 22.8. The Hall–Kier alpha value is -3.62. The van der Waals surface area contributed by atoms with Gasteiger partial charge in [-0.15, -0.1) is 11.3 Å². The van der Waals surface area contributed by atoms with Gasteiger partial charge in [0.2, 0.25) is 0 Å². The predicted molar refractivity (Wildman–Crippen MR) is 138 cm³/mol. The minimum Gasteiger partial charge on any atom is -0.495 e. The number of thiazole rings is 1. The summed E-state index contributed by atoms with van der Waals surface area (Å²) in [5.74, 6) is 1.34. The standard InChI is InChI=1S/C26H19BrN2O4S/c1-31-23-5-3-2-4-21(23)28-26-29-22(15-34-26)20-12-17-8-11-19(13-24(17)33-25(20)30)32-14-16-6-9-18(27)10-7-16/h2-13,15H,14H2,1H3,(H,28,29). The minimum absolute atomic E-state index is 0.403. The van der Waals surface area contributed by atoms with Crippen LogP contribution in [0.3, 0.4) is 0 Å². The summed E-state index contributed by atoms with van der Waals surface area (Å²) < 4.78 is 17.9. The monoisotopic (exact) mass is 534 g/mol. The molecular weight excluding hydrogens is 516 g/mol. The van der Waals surface area contributed by atoms with Crippen molar-refractivity contribution in [1.82, 2.24) is 4.98 Å². The molecule has 5 rings (SSSR count). The van der Waals surface area contributed by atoms with Gasteiger partial charge >= 0.3 is 5.63 Å². The second-order valence-corrected chi connectivity index (χ2v) is 9.20. The van der Waals surface area contributed by atoms with Gasteiger partial charge in [-0.1, -0.05) is 40.2 Å². The average molecular weight is 535 g/mol. The number of ether oxygens (including phenoxy) is 2. The highest BCUT2D eigenvalue weighted by molar-refractivity contribution is 9.10. The highest BCUT2D eigenvalue weighted by Gasteiger charge is 2.13. The van der Waals surface area contributed by atoms with E-state index in [2.05, 4.69) is 26.2 Å². The van der Waals surface area contributed by atoms with Crippen molar-refractivity contribution in [1.29, 1.82) is 0 Å². The molecule has 0 atom stereocenters. The highest BCUT2D eigenvalue weighted by Crippen LogP contribution is 2.31. The quantitative estimate of drug-likeness (QED) is 0.226. The molecule has 8 heteroatoms. The van der Waals surface area contributed by atoms with Gasteiger partial charge in [0.25, 0.3) is 0 Å². The van der Waals surface area contributed by atoms with Crippen LogP contribution in [0.15, 0.2) is 91.9 Å². The van der Waals surface area contributed by atoms with Crippen molar-refractivity contribution in [3.63, 3.8) is 0 Å². The summed E-state index contributed by atoms with van der Waals surface area (Å²) in [4.78, 5) is 17.3. The lowest BCUT2D eigenvalue weighted by molar-refractivity contribution is 0.306. The molecule has 0 saturated heterocycles. The van der Waals surface area contributed by atoms with Crippen LogP contribution < -0.4 is 20.4 Å². The molecule has 0 saturated carbocycles. The first-order chi connectivity index (χ1) is 16.6. The van der Waals surface area contributed by atoms with Crippen molar-refractivity contribution < 1.29 is 13.9 Å². The first-order valence-electron chi connectivity index (χ1n) is 10.4. The van der Waals surface area contributed by atoms with Crippen LogP contribution in [0.25, 0.3) is 22.2 Å². The molecule has 6 nitrogen and oxygen atoms in total. The maximum atomic E-state index is 12.7. The van der Waals surface area contributed by atoms with Gasteiger partial charge < -0.3 is 19.2 Å². The Morgan fingerprint density at radius 1 is 1.06 bits per heavy atom. The number of anilines is 2. The van der Waals surface area contributed by atoms with E-state index in [1.54, 1.807) is 19.2 Å². The van der Waals surface area contributed by atoms with Crippen molar-refractivity contribution in [2.75, 3.05) is 12.4 Å². The zero-order valence-corrected chi connectivity index (χ0v) is 20.5.